The maximum atomic E-state index is 5.81. The Kier molecular flexibility index (Phi) is 3.46. The molecule has 2 aromatic carbocycles. The summed E-state index contributed by atoms with van der Waals surface area (Å²) in [5, 5.41) is 2.30. The Hall–Kier alpha value is -2.23. The van der Waals surface area contributed by atoms with Crippen molar-refractivity contribution in [1.82, 2.24) is 10.4 Å². The van der Waals surface area contributed by atoms with Gasteiger partial charge in [-0.15, -0.1) is 0 Å². The smallest absolute Gasteiger partial charge is 0.0716 e. The quantitative estimate of drug-likeness (QED) is 0.564. The monoisotopic (exact) mass is 263 g/mol. The number of fused-ring (bicyclic) bond motifs is 1. The van der Waals surface area contributed by atoms with Crippen LogP contribution in [0.15, 0.2) is 60.9 Å². The molecule has 3 rings (SSSR count). The van der Waals surface area contributed by atoms with Crippen LogP contribution in [0.1, 0.15) is 22.7 Å². The van der Waals surface area contributed by atoms with Gasteiger partial charge >= 0.3 is 0 Å². The molecule has 0 aliphatic carbocycles. The Balaban J connectivity index is 2.17. The Morgan fingerprint density at radius 3 is 2.75 bits per heavy atom. The maximum Gasteiger partial charge on any atom is 0.0716 e. The first kappa shape index (κ1) is 12.8. The van der Waals surface area contributed by atoms with Crippen LogP contribution < -0.4 is 11.3 Å². The third-order valence-corrected chi connectivity index (χ3v) is 3.57. The van der Waals surface area contributed by atoms with Gasteiger partial charge in [0.15, 0.2) is 0 Å². The van der Waals surface area contributed by atoms with Crippen molar-refractivity contribution in [2.45, 2.75) is 13.0 Å². The minimum atomic E-state index is -0.0391. The molecule has 0 saturated carbocycles. The number of aromatic nitrogens is 1. The molecule has 1 unspecified atom stereocenters. The zero-order valence-corrected chi connectivity index (χ0v) is 11.4. The van der Waals surface area contributed by atoms with E-state index >= 15 is 0 Å². The van der Waals surface area contributed by atoms with Crippen LogP contribution in [0.5, 0.6) is 0 Å². The minimum absolute atomic E-state index is 0.0391. The number of hydrazine groups is 1. The van der Waals surface area contributed by atoms with Crippen molar-refractivity contribution in [2.24, 2.45) is 5.84 Å². The van der Waals surface area contributed by atoms with E-state index in [1.807, 2.05) is 18.5 Å². The molecule has 0 radical (unpaired) electrons. The lowest BCUT2D eigenvalue weighted by Crippen LogP contribution is -2.29. The van der Waals surface area contributed by atoms with Crippen LogP contribution in [0.4, 0.5) is 0 Å². The van der Waals surface area contributed by atoms with Crippen molar-refractivity contribution in [1.29, 1.82) is 0 Å². The van der Waals surface area contributed by atoms with E-state index in [0.717, 1.165) is 16.5 Å². The average Bonchev–Trinajstić information content (AvgIpc) is 2.48. The van der Waals surface area contributed by atoms with Crippen molar-refractivity contribution >= 4 is 10.8 Å². The lowest BCUT2D eigenvalue weighted by Gasteiger charge is -2.19. The fourth-order valence-corrected chi connectivity index (χ4v) is 2.60. The zero-order chi connectivity index (χ0) is 13.9. The molecule has 0 fully saturated rings. The molecule has 100 valence electrons. The number of nitrogens with zero attached hydrogens (tertiary/aromatic N) is 1. The fourth-order valence-electron chi connectivity index (χ4n) is 2.60. The Morgan fingerprint density at radius 1 is 1.10 bits per heavy atom. The van der Waals surface area contributed by atoms with E-state index in [1.54, 1.807) is 0 Å². The molecule has 0 aliphatic heterocycles. The molecule has 0 aliphatic rings. The van der Waals surface area contributed by atoms with Gasteiger partial charge in [-0.25, -0.2) is 5.43 Å². The molecule has 0 bridgehead atoms. The number of aryl methyl sites for hydroxylation is 1. The first-order chi connectivity index (χ1) is 9.79. The summed E-state index contributed by atoms with van der Waals surface area (Å²) in [6.45, 7) is 2.09. The third kappa shape index (κ3) is 2.29. The molecule has 1 aromatic heterocycles. The number of hydrogen-bond donors (Lipinski definition) is 2. The van der Waals surface area contributed by atoms with Crippen LogP contribution in [0.25, 0.3) is 10.8 Å². The normalized spacial score (nSPS) is 12.5. The topological polar surface area (TPSA) is 50.9 Å². The van der Waals surface area contributed by atoms with E-state index in [2.05, 4.69) is 59.8 Å². The molecule has 0 amide bonds. The molecule has 1 atom stereocenters. The van der Waals surface area contributed by atoms with Crippen LogP contribution in [0.3, 0.4) is 0 Å². The Labute approximate surface area is 118 Å². The van der Waals surface area contributed by atoms with Gasteiger partial charge in [0.2, 0.25) is 0 Å². The molecule has 1 heterocycles. The highest BCUT2D eigenvalue weighted by Crippen LogP contribution is 2.28. The summed E-state index contributed by atoms with van der Waals surface area (Å²) in [5.41, 5.74) is 6.45. The summed E-state index contributed by atoms with van der Waals surface area (Å²) in [6.07, 6.45) is 3.70. The molecule has 3 heteroatoms. The summed E-state index contributed by atoms with van der Waals surface area (Å²) in [5.74, 6) is 5.81. The van der Waals surface area contributed by atoms with E-state index in [-0.39, 0.29) is 6.04 Å². The Bertz CT molecular complexity index is 732. The van der Waals surface area contributed by atoms with Gasteiger partial charge in [-0.05, 0) is 29.5 Å². The van der Waals surface area contributed by atoms with Crippen molar-refractivity contribution in [3.63, 3.8) is 0 Å². The SMILES string of the molecule is Cc1cccc(C(NN)c2cccc3ccncc23)c1. The lowest BCUT2D eigenvalue weighted by atomic mass is 9.94. The lowest BCUT2D eigenvalue weighted by molar-refractivity contribution is 0.640. The highest BCUT2D eigenvalue weighted by molar-refractivity contribution is 5.85. The van der Waals surface area contributed by atoms with Gasteiger partial charge in [-0.3, -0.25) is 10.8 Å². The summed E-state index contributed by atoms with van der Waals surface area (Å²) in [7, 11) is 0. The summed E-state index contributed by atoms with van der Waals surface area (Å²) in [4.78, 5) is 4.23. The van der Waals surface area contributed by atoms with Crippen LogP contribution in [0.2, 0.25) is 0 Å². The number of rotatable bonds is 3. The number of nitrogens with one attached hydrogen (secondary N) is 1. The fraction of sp³-hybridized carbons (Fsp3) is 0.118. The summed E-state index contributed by atoms with van der Waals surface area (Å²) < 4.78 is 0. The molecular formula is C17H17N3. The third-order valence-electron chi connectivity index (χ3n) is 3.57. The van der Waals surface area contributed by atoms with E-state index in [4.69, 9.17) is 5.84 Å². The predicted octanol–water partition coefficient (Wildman–Crippen LogP) is 3.10. The first-order valence-electron chi connectivity index (χ1n) is 6.65. The predicted molar refractivity (Wildman–Crippen MR) is 82.1 cm³/mol. The standard InChI is InChI=1S/C17H17N3/c1-12-4-2-6-14(10-12)17(20-18)15-7-3-5-13-8-9-19-11-16(13)15/h2-11,17,20H,18H2,1H3. The van der Waals surface area contributed by atoms with Crippen molar-refractivity contribution < 1.29 is 0 Å². The van der Waals surface area contributed by atoms with Crippen LogP contribution in [0, 0.1) is 6.92 Å². The highest BCUT2D eigenvalue weighted by atomic mass is 15.2. The first-order valence-corrected chi connectivity index (χ1v) is 6.65. The molecular weight excluding hydrogens is 246 g/mol. The van der Waals surface area contributed by atoms with Crippen molar-refractivity contribution in [2.75, 3.05) is 0 Å². The number of pyridine rings is 1. The number of nitrogens with two attached hydrogens (primary N) is 1. The van der Waals surface area contributed by atoms with E-state index in [0.29, 0.717) is 0 Å². The van der Waals surface area contributed by atoms with Crippen molar-refractivity contribution in [3.05, 3.63) is 77.6 Å². The van der Waals surface area contributed by atoms with E-state index in [9.17, 15) is 0 Å². The molecule has 3 nitrogen and oxygen atoms in total. The van der Waals surface area contributed by atoms with Gasteiger partial charge in [-0.2, -0.15) is 0 Å². The molecule has 0 saturated heterocycles. The average molecular weight is 263 g/mol. The summed E-state index contributed by atoms with van der Waals surface area (Å²) >= 11 is 0. The van der Waals surface area contributed by atoms with Crippen molar-refractivity contribution in [3.8, 4) is 0 Å². The molecule has 3 N–H and O–H groups in total. The van der Waals surface area contributed by atoms with E-state index in [1.165, 1.54) is 10.9 Å². The molecule has 20 heavy (non-hydrogen) atoms. The second-order valence-electron chi connectivity index (χ2n) is 4.96. The maximum absolute atomic E-state index is 5.81. The highest BCUT2D eigenvalue weighted by Gasteiger charge is 2.15. The van der Waals surface area contributed by atoms with Gasteiger partial charge in [0, 0.05) is 17.8 Å². The zero-order valence-electron chi connectivity index (χ0n) is 11.4. The molecule has 3 aromatic rings. The van der Waals surface area contributed by atoms with Gasteiger partial charge in [0.25, 0.3) is 0 Å². The second kappa shape index (κ2) is 5.41. The Morgan fingerprint density at radius 2 is 1.95 bits per heavy atom. The summed E-state index contributed by atoms with van der Waals surface area (Å²) in [6, 6.07) is 16.6. The van der Waals surface area contributed by atoms with Gasteiger partial charge < -0.3 is 0 Å². The largest absolute Gasteiger partial charge is 0.271 e. The van der Waals surface area contributed by atoms with E-state index < -0.39 is 0 Å². The van der Waals surface area contributed by atoms with Gasteiger partial charge in [0.05, 0.1) is 6.04 Å². The van der Waals surface area contributed by atoms with Crippen LogP contribution >= 0.6 is 0 Å². The second-order valence-corrected chi connectivity index (χ2v) is 4.96. The number of hydrogen-bond acceptors (Lipinski definition) is 3. The minimum Gasteiger partial charge on any atom is -0.271 e. The number of benzene rings is 2. The molecule has 0 spiro atoms. The van der Waals surface area contributed by atoms with Crippen LogP contribution in [-0.4, -0.2) is 4.98 Å². The van der Waals surface area contributed by atoms with Gasteiger partial charge in [0.1, 0.15) is 0 Å². The van der Waals surface area contributed by atoms with Gasteiger partial charge in [-0.1, -0.05) is 48.0 Å². The van der Waals surface area contributed by atoms with Crippen LogP contribution in [-0.2, 0) is 0 Å².